The van der Waals surface area contributed by atoms with Crippen molar-refractivity contribution >= 4 is 38.6 Å². The van der Waals surface area contributed by atoms with Crippen molar-refractivity contribution in [1.82, 2.24) is 9.55 Å². The second kappa shape index (κ2) is 7.37. The molecule has 0 bridgehead atoms. The third-order valence-corrected chi connectivity index (χ3v) is 4.94. The van der Waals surface area contributed by atoms with Gasteiger partial charge < -0.3 is 9.88 Å². The molecular formula is C22H18BrN3O. The number of fused-ring (bicyclic) bond motifs is 1. The molecule has 4 aromatic rings. The molecule has 27 heavy (non-hydrogen) atoms. The molecule has 0 aliphatic heterocycles. The van der Waals surface area contributed by atoms with Crippen LogP contribution in [0.25, 0.3) is 22.4 Å². The molecule has 1 aromatic heterocycles. The van der Waals surface area contributed by atoms with Crippen molar-refractivity contribution in [2.24, 2.45) is 0 Å². The number of aromatic nitrogens is 2. The number of carbonyl (C=O) groups is 1. The molecule has 134 valence electrons. The monoisotopic (exact) mass is 419 g/mol. The zero-order chi connectivity index (χ0) is 18.8. The molecule has 0 saturated heterocycles. The maximum Gasteiger partial charge on any atom is 0.244 e. The number of halogens is 1. The Kier molecular flexibility index (Phi) is 4.77. The first-order valence-electron chi connectivity index (χ1n) is 8.68. The summed E-state index contributed by atoms with van der Waals surface area (Å²) in [5, 5.41) is 2.96. The second-order valence-corrected chi connectivity index (χ2v) is 7.30. The van der Waals surface area contributed by atoms with E-state index in [0.717, 1.165) is 38.1 Å². The van der Waals surface area contributed by atoms with Gasteiger partial charge in [-0.15, -0.1) is 0 Å². The van der Waals surface area contributed by atoms with E-state index in [2.05, 4.69) is 34.2 Å². The Balaban J connectivity index is 1.73. The van der Waals surface area contributed by atoms with Crippen molar-refractivity contribution in [3.8, 4) is 11.4 Å². The number of carbonyl (C=O) groups excluding carboxylic acids is 1. The predicted octanol–water partition coefficient (Wildman–Crippen LogP) is 5.41. The van der Waals surface area contributed by atoms with Gasteiger partial charge >= 0.3 is 0 Å². The van der Waals surface area contributed by atoms with Gasteiger partial charge in [0.05, 0.1) is 11.0 Å². The van der Waals surface area contributed by atoms with Crippen LogP contribution >= 0.6 is 15.9 Å². The van der Waals surface area contributed by atoms with E-state index < -0.39 is 0 Å². The summed E-state index contributed by atoms with van der Waals surface area (Å²) in [4.78, 5) is 17.5. The molecule has 5 heteroatoms. The van der Waals surface area contributed by atoms with Gasteiger partial charge in [0.15, 0.2) is 0 Å². The first kappa shape index (κ1) is 17.5. The lowest BCUT2D eigenvalue weighted by Gasteiger charge is -2.12. The lowest BCUT2D eigenvalue weighted by molar-refractivity contribution is -0.116. The van der Waals surface area contributed by atoms with E-state index in [-0.39, 0.29) is 12.5 Å². The van der Waals surface area contributed by atoms with Crippen LogP contribution in [0.15, 0.2) is 77.3 Å². The van der Waals surface area contributed by atoms with E-state index >= 15 is 0 Å². The maximum absolute atomic E-state index is 12.7. The Morgan fingerprint density at radius 3 is 2.63 bits per heavy atom. The van der Waals surface area contributed by atoms with Gasteiger partial charge in [-0.1, -0.05) is 58.4 Å². The van der Waals surface area contributed by atoms with Crippen LogP contribution in [-0.4, -0.2) is 15.5 Å². The summed E-state index contributed by atoms with van der Waals surface area (Å²) in [6.07, 6.45) is 0. The van der Waals surface area contributed by atoms with Gasteiger partial charge in [0.2, 0.25) is 5.91 Å². The molecule has 4 nitrogen and oxygen atoms in total. The van der Waals surface area contributed by atoms with Crippen molar-refractivity contribution in [2.45, 2.75) is 13.5 Å². The second-order valence-electron chi connectivity index (χ2n) is 6.38. The van der Waals surface area contributed by atoms with Gasteiger partial charge in [0, 0.05) is 15.7 Å². The highest BCUT2D eigenvalue weighted by Crippen LogP contribution is 2.27. The average Bonchev–Trinajstić information content (AvgIpc) is 3.00. The van der Waals surface area contributed by atoms with Crippen molar-refractivity contribution in [2.75, 3.05) is 5.32 Å². The molecule has 4 rings (SSSR count). The number of benzene rings is 3. The molecular weight excluding hydrogens is 402 g/mol. The molecule has 0 atom stereocenters. The lowest BCUT2D eigenvalue weighted by Crippen LogP contribution is -2.19. The number of anilines is 1. The molecule has 0 aliphatic rings. The van der Waals surface area contributed by atoms with Crippen LogP contribution in [0.1, 0.15) is 5.56 Å². The highest BCUT2D eigenvalue weighted by molar-refractivity contribution is 9.10. The minimum absolute atomic E-state index is 0.0916. The fourth-order valence-corrected chi connectivity index (χ4v) is 3.57. The SMILES string of the molecule is Cc1ccccc1-c1nc2ccccc2n1CC(=O)Nc1cccc(Br)c1. The van der Waals surface area contributed by atoms with E-state index in [9.17, 15) is 4.79 Å². The van der Waals surface area contributed by atoms with Gasteiger partial charge in [0.25, 0.3) is 0 Å². The summed E-state index contributed by atoms with van der Waals surface area (Å²) in [6.45, 7) is 2.25. The van der Waals surface area contributed by atoms with E-state index in [4.69, 9.17) is 4.98 Å². The van der Waals surface area contributed by atoms with Crippen molar-refractivity contribution in [3.05, 3.63) is 82.8 Å². The Morgan fingerprint density at radius 1 is 1.04 bits per heavy atom. The average molecular weight is 420 g/mol. The third kappa shape index (κ3) is 3.64. The third-order valence-electron chi connectivity index (χ3n) is 4.45. The summed E-state index contributed by atoms with van der Waals surface area (Å²) in [5.41, 5.74) is 4.74. The van der Waals surface area contributed by atoms with Gasteiger partial charge in [-0.25, -0.2) is 4.98 Å². The Labute approximate surface area is 166 Å². The zero-order valence-corrected chi connectivity index (χ0v) is 16.4. The minimum Gasteiger partial charge on any atom is -0.324 e. The van der Waals surface area contributed by atoms with Crippen LogP contribution in [0.5, 0.6) is 0 Å². The largest absolute Gasteiger partial charge is 0.324 e. The maximum atomic E-state index is 12.7. The molecule has 1 heterocycles. The first-order chi connectivity index (χ1) is 13.1. The van der Waals surface area contributed by atoms with Gasteiger partial charge in [-0.2, -0.15) is 0 Å². The molecule has 1 amide bonds. The number of amides is 1. The highest BCUT2D eigenvalue weighted by atomic mass is 79.9. The molecule has 1 N–H and O–H groups in total. The Hall–Kier alpha value is -2.92. The minimum atomic E-state index is -0.0916. The summed E-state index contributed by atoms with van der Waals surface area (Å²) in [6, 6.07) is 23.6. The van der Waals surface area contributed by atoms with Crippen LogP contribution in [0.3, 0.4) is 0 Å². The fourth-order valence-electron chi connectivity index (χ4n) is 3.18. The van der Waals surface area contributed by atoms with Crippen molar-refractivity contribution < 1.29 is 4.79 Å². The summed E-state index contributed by atoms with van der Waals surface area (Å²) >= 11 is 3.43. The molecule has 0 spiro atoms. The molecule has 0 unspecified atom stereocenters. The zero-order valence-electron chi connectivity index (χ0n) is 14.8. The smallest absolute Gasteiger partial charge is 0.244 e. The quantitative estimate of drug-likeness (QED) is 0.480. The topological polar surface area (TPSA) is 46.9 Å². The normalized spacial score (nSPS) is 10.9. The summed E-state index contributed by atoms with van der Waals surface area (Å²) < 4.78 is 2.90. The van der Waals surface area contributed by atoms with Crippen LogP contribution in [0.2, 0.25) is 0 Å². The van der Waals surface area contributed by atoms with E-state index in [0.29, 0.717) is 0 Å². The number of rotatable bonds is 4. The molecule has 0 fully saturated rings. The standard InChI is InChI=1S/C22H18BrN3O/c1-15-7-2-3-10-18(15)22-25-19-11-4-5-12-20(19)26(22)14-21(27)24-17-9-6-8-16(23)13-17/h2-13H,14H2,1H3,(H,24,27). The fraction of sp³-hybridized carbons (Fsp3) is 0.0909. The first-order valence-corrected chi connectivity index (χ1v) is 9.48. The summed E-state index contributed by atoms with van der Waals surface area (Å²) in [7, 11) is 0. The van der Waals surface area contributed by atoms with Crippen LogP contribution in [-0.2, 0) is 11.3 Å². The number of imidazole rings is 1. The number of para-hydroxylation sites is 2. The van der Waals surface area contributed by atoms with Crippen molar-refractivity contribution in [3.63, 3.8) is 0 Å². The molecule has 0 saturated carbocycles. The summed E-state index contributed by atoms with van der Waals surface area (Å²) in [5.74, 6) is 0.713. The van der Waals surface area contributed by atoms with Gasteiger partial charge in [-0.05, 0) is 42.8 Å². The highest BCUT2D eigenvalue weighted by Gasteiger charge is 2.16. The van der Waals surface area contributed by atoms with Crippen LogP contribution in [0, 0.1) is 6.92 Å². The van der Waals surface area contributed by atoms with Gasteiger partial charge in [0.1, 0.15) is 12.4 Å². The van der Waals surface area contributed by atoms with Crippen molar-refractivity contribution in [1.29, 1.82) is 0 Å². The number of hydrogen-bond acceptors (Lipinski definition) is 2. The number of nitrogens with zero attached hydrogens (tertiary/aromatic N) is 2. The van der Waals surface area contributed by atoms with E-state index in [1.165, 1.54) is 0 Å². The Morgan fingerprint density at radius 2 is 1.81 bits per heavy atom. The molecule has 3 aromatic carbocycles. The number of nitrogens with one attached hydrogen (secondary N) is 1. The molecule has 0 radical (unpaired) electrons. The van der Waals surface area contributed by atoms with E-state index in [1.54, 1.807) is 0 Å². The predicted molar refractivity (Wildman–Crippen MR) is 113 cm³/mol. The lowest BCUT2D eigenvalue weighted by atomic mass is 10.1. The van der Waals surface area contributed by atoms with Gasteiger partial charge in [-0.3, -0.25) is 4.79 Å². The Bertz CT molecular complexity index is 1130. The van der Waals surface area contributed by atoms with Crippen LogP contribution in [0.4, 0.5) is 5.69 Å². The van der Waals surface area contributed by atoms with Crippen LogP contribution < -0.4 is 5.32 Å². The van der Waals surface area contributed by atoms with E-state index in [1.807, 2.05) is 71.3 Å². The number of aryl methyl sites for hydroxylation is 1. The number of hydrogen-bond donors (Lipinski definition) is 1. The molecule has 0 aliphatic carbocycles.